The first-order valence-corrected chi connectivity index (χ1v) is 13.7. The predicted octanol–water partition coefficient (Wildman–Crippen LogP) is 7.20. The van der Waals surface area contributed by atoms with E-state index in [0.717, 1.165) is 36.3 Å². The lowest BCUT2D eigenvalue weighted by Gasteiger charge is -2.10. The van der Waals surface area contributed by atoms with E-state index in [1.165, 1.54) is 57.8 Å². The Morgan fingerprint density at radius 1 is 0.941 bits per heavy atom. The molecule has 0 aliphatic carbocycles. The van der Waals surface area contributed by atoms with Crippen molar-refractivity contribution in [1.82, 2.24) is 5.32 Å². The van der Waals surface area contributed by atoms with E-state index in [2.05, 4.69) is 36.1 Å². The Bertz CT molecular complexity index is 841. The van der Waals surface area contributed by atoms with Gasteiger partial charge in [-0.2, -0.15) is 0 Å². The van der Waals surface area contributed by atoms with Gasteiger partial charge >= 0.3 is 0 Å². The molecule has 188 valence electrons. The van der Waals surface area contributed by atoms with Crippen molar-refractivity contribution in [3.8, 4) is 5.75 Å². The Labute approximate surface area is 212 Å². The molecule has 0 unspecified atom stereocenters. The molecule has 34 heavy (non-hydrogen) atoms. The standard InChI is InChI=1S/C29H43ClN2O2/c1-3-5-6-7-8-9-10-11-12-13-20-34-27-17-16-26(28(30)22-27)21-29(33)31-23-25-15-14-19-32(24-25)18-4-2/h14-17,19,22,24H,3-13,18,20-21,23H2,1-2H3/p+1. The van der Waals surface area contributed by atoms with Gasteiger partial charge in [-0.1, -0.05) is 89.3 Å². The van der Waals surface area contributed by atoms with Gasteiger partial charge in [-0.15, -0.1) is 0 Å². The Balaban J connectivity index is 1.62. The molecular formula is C29H44ClN2O2+. The molecule has 1 N–H and O–H groups in total. The van der Waals surface area contributed by atoms with Gasteiger partial charge in [0.25, 0.3) is 0 Å². The van der Waals surface area contributed by atoms with Crippen molar-refractivity contribution in [2.75, 3.05) is 6.61 Å². The molecule has 1 heterocycles. The summed E-state index contributed by atoms with van der Waals surface area (Å²) >= 11 is 6.43. The zero-order chi connectivity index (χ0) is 24.4. The van der Waals surface area contributed by atoms with E-state index < -0.39 is 0 Å². The van der Waals surface area contributed by atoms with Crippen LogP contribution in [-0.2, 0) is 24.3 Å². The maximum Gasteiger partial charge on any atom is 0.224 e. The maximum atomic E-state index is 12.4. The molecule has 4 nitrogen and oxygen atoms in total. The van der Waals surface area contributed by atoms with E-state index in [1.807, 2.05) is 30.3 Å². The SMILES string of the molecule is CCCCCCCCCCCCOc1ccc(CC(=O)NCc2ccc[n+](CCC)c2)c(Cl)c1. The van der Waals surface area contributed by atoms with Crippen LogP contribution < -0.4 is 14.6 Å². The minimum atomic E-state index is -0.0353. The van der Waals surface area contributed by atoms with Crippen LogP contribution in [0.2, 0.25) is 5.02 Å². The summed E-state index contributed by atoms with van der Waals surface area (Å²) in [6.45, 7) is 6.62. The van der Waals surface area contributed by atoms with Crippen LogP contribution in [0.5, 0.6) is 5.75 Å². The number of hydrogen-bond acceptors (Lipinski definition) is 2. The van der Waals surface area contributed by atoms with E-state index in [0.29, 0.717) is 18.2 Å². The molecule has 0 spiro atoms. The number of unbranched alkanes of at least 4 members (excludes halogenated alkanes) is 9. The number of benzene rings is 1. The van der Waals surface area contributed by atoms with E-state index in [-0.39, 0.29) is 12.3 Å². The molecule has 0 saturated carbocycles. The van der Waals surface area contributed by atoms with Gasteiger partial charge < -0.3 is 10.1 Å². The monoisotopic (exact) mass is 487 g/mol. The highest BCUT2D eigenvalue weighted by Crippen LogP contribution is 2.23. The van der Waals surface area contributed by atoms with Gasteiger partial charge in [0, 0.05) is 29.6 Å². The lowest BCUT2D eigenvalue weighted by molar-refractivity contribution is -0.697. The molecule has 2 rings (SSSR count). The highest BCUT2D eigenvalue weighted by molar-refractivity contribution is 6.31. The predicted molar refractivity (Wildman–Crippen MR) is 141 cm³/mol. The Morgan fingerprint density at radius 2 is 1.65 bits per heavy atom. The molecule has 5 heteroatoms. The van der Waals surface area contributed by atoms with Crippen molar-refractivity contribution in [2.24, 2.45) is 0 Å². The van der Waals surface area contributed by atoms with Gasteiger partial charge in [0.15, 0.2) is 12.4 Å². The average molecular weight is 488 g/mol. The quantitative estimate of drug-likeness (QED) is 0.178. The van der Waals surface area contributed by atoms with E-state index in [4.69, 9.17) is 16.3 Å². The number of ether oxygens (including phenoxy) is 1. The summed E-state index contributed by atoms with van der Waals surface area (Å²) in [5, 5.41) is 3.57. The number of carbonyl (C=O) groups is 1. The Kier molecular flexibility index (Phi) is 14.4. The second-order valence-corrected chi connectivity index (χ2v) is 9.59. The van der Waals surface area contributed by atoms with Crippen LogP contribution in [0.1, 0.15) is 95.6 Å². The third kappa shape index (κ3) is 11.9. The minimum absolute atomic E-state index is 0.0353. The Hall–Kier alpha value is -2.07. The van der Waals surface area contributed by atoms with E-state index in [9.17, 15) is 4.79 Å². The lowest BCUT2D eigenvalue weighted by Crippen LogP contribution is -2.34. The lowest BCUT2D eigenvalue weighted by atomic mass is 10.1. The highest BCUT2D eigenvalue weighted by Gasteiger charge is 2.10. The number of nitrogens with zero attached hydrogens (tertiary/aromatic N) is 1. The third-order valence-corrected chi connectivity index (χ3v) is 6.38. The van der Waals surface area contributed by atoms with Gasteiger partial charge in [-0.25, -0.2) is 4.57 Å². The number of aryl methyl sites for hydroxylation is 1. The number of hydrogen-bond donors (Lipinski definition) is 1. The molecule has 2 aromatic rings. The maximum absolute atomic E-state index is 12.4. The van der Waals surface area contributed by atoms with Gasteiger partial charge in [0.05, 0.1) is 13.0 Å². The zero-order valence-electron chi connectivity index (χ0n) is 21.3. The van der Waals surface area contributed by atoms with Crippen LogP contribution in [0.15, 0.2) is 42.7 Å². The first-order chi connectivity index (χ1) is 16.6. The van der Waals surface area contributed by atoms with Gasteiger partial charge in [0.1, 0.15) is 12.3 Å². The fourth-order valence-electron chi connectivity index (χ4n) is 4.05. The van der Waals surface area contributed by atoms with Crippen LogP contribution in [0.4, 0.5) is 0 Å². The second kappa shape index (κ2) is 17.4. The molecule has 0 aliphatic heterocycles. The topological polar surface area (TPSA) is 42.2 Å². The summed E-state index contributed by atoms with van der Waals surface area (Å²) < 4.78 is 8.01. The van der Waals surface area contributed by atoms with Crippen LogP contribution in [0, 0.1) is 0 Å². The number of amides is 1. The van der Waals surface area contributed by atoms with Crippen molar-refractivity contribution < 1.29 is 14.1 Å². The van der Waals surface area contributed by atoms with Crippen molar-refractivity contribution in [2.45, 2.75) is 104 Å². The highest BCUT2D eigenvalue weighted by atomic mass is 35.5. The number of carbonyl (C=O) groups excluding carboxylic acids is 1. The number of nitrogens with one attached hydrogen (secondary N) is 1. The number of pyridine rings is 1. The van der Waals surface area contributed by atoms with E-state index >= 15 is 0 Å². The molecule has 0 bridgehead atoms. The van der Waals surface area contributed by atoms with Crippen molar-refractivity contribution in [3.63, 3.8) is 0 Å². The first kappa shape index (κ1) is 28.2. The van der Waals surface area contributed by atoms with Crippen molar-refractivity contribution >= 4 is 17.5 Å². The number of aromatic nitrogens is 1. The molecule has 1 aromatic carbocycles. The van der Waals surface area contributed by atoms with Gasteiger partial charge in [-0.05, 0) is 30.2 Å². The van der Waals surface area contributed by atoms with Crippen molar-refractivity contribution in [3.05, 3.63) is 58.9 Å². The van der Waals surface area contributed by atoms with E-state index in [1.54, 1.807) is 0 Å². The summed E-state index contributed by atoms with van der Waals surface area (Å²) in [5.41, 5.74) is 1.91. The molecule has 0 fully saturated rings. The first-order valence-electron chi connectivity index (χ1n) is 13.3. The largest absolute Gasteiger partial charge is 0.494 e. The molecular weight excluding hydrogens is 444 g/mol. The van der Waals surface area contributed by atoms with Crippen LogP contribution in [0.25, 0.3) is 0 Å². The average Bonchev–Trinajstić information content (AvgIpc) is 2.83. The normalized spacial score (nSPS) is 10.9. The number of rotatable bonds is 18. The summed E-state index contributed by atoms with van der Waals surface area (Å²) in [5.74, 6) is 0.738. The fourth-order valence-corrected chi connectivity index (χ4v) is 4.29. The van der Waals surface area contributed by atoms with Gasteiger partial charge in [-0.3, -0.25) is 4.79 Å². The third-order valence-electron chi connectivity index (χ3n) is 6.03. The number of halogens is 1. The summed E-state index contributed by atoms with van der Waals surface area (Å²) in [6.07, 6.45) is 18.6. The summed E-state index contributed by atoms with van der Waals surface area (Å²) in [4.78, 5) is 12.4. The second-order valence-electron chi connectivity index (χ2n) is 9.19. The molecule has 0 aliphatic rings. The summed E-state index contributed by atoms with van der Waals surface area (Å²) in [7, 11) is 0. The smallest absolute Gasteiger partial charge is 0.224 e. The zero-order valence-corrected chi connectivity index (χ0v) is 22.0. The minimum Gasteiger partial charge on any atom is -0.494 e. The van der Waals surface area contributed by atoms with Crippen molar-refractivity contribution in [1.29, 1.82) is 0 Å². The van der Waals surface area contributed by atoms with Crippen LogP contribution in [0.3, 0.4) is 0 Å². The fraction of sp³-hybridized carbons (Fsp3) is 0.586. The molecule has 0 radical (unpaired) electrons. The molecule has 0 saturated heterocycles. The molecule has 1 amide bonds. The van der Waals surface area contributed by atoms with Crippen LogP contribution >= 0.6 is 11.6 Å². The summed E-state index contributed by atoms with van der Waals surface area (Å²) in [6, 6.07) is 9.68. The Morgan fingerprint density at radius 3 is 2.32 bits per heavy atom. The molecule has 1 aromatic heterocycles. The van der Waals surface area contributed by atoms with Gasteiger partial charge in [0.2, 0.25) is 5.91 Å². The van der Waals surface area contributed by atoms with Crippen LogP contribution in [-0.4, -0.2) is 12.5 Å². The molecule has 0 atom stereocenters.